The van der Waals surface area contributed by atoms with Crippen molar-refractivity contribution in [2.24, 2.45) is 0 Å². The summed E-state index contributed by atoms with van der Waals surface area (Å²) in [6.45, 7) is 6.24. The molecule has 0 atom stereocenters. The first-order valence-electron chi connectivity index (χ1n) is 8.54. The summed E-state index contributed by atoms with van der Waals surface area (Å²) in [5.41, 5.74) is 1.09. The van der Waals surface area contributed by atoms with E-state index < -0.39 is 0 Å². The first-order chi connectivity index (χ1) is 12.3. The van der Waals surface area contributed by atoms with Gasteiger partial charge in [0.2, 0.25) is 0 Å². The van der Waals surface area contributed by atoms with E-state index in [1.807, 2.05) is 28.6 Å². The van der Waals surface area contributed by atoms with Gasteiger partial charge < -0.3 is 19.4 Å². The third-order valence-corrected chi connectivity index (χ3v) is 5.48. The lowest BCUT2D eigenvalue weighted by Crippen LogP contribution is -2.49. The van der Waals surface area contributed by atoms with Gasteiger partial charge in [-0.05, 0) is 11.4 Å². The van der Waals surface area contributed by atoms with E-state index in [0.29, 0.717) is 13.1 Å². The highest BCUT2D eigenvalue weighted by atomic mass is 32.1. The molecule has 0 aliphatic carbocycles. The number of ether oxygens (including phenoxy) is 1. The molecule has 1 amide bonds. The van der Waals surface area contributed by atoms with Gasteiger partial charge in [-0.1, -0.05) is 6.07 Å². The van der Waals surface area contributed by atoms with Crippen molar-refractivity contribution in [1.29, 1.82) is 0 Å². The minimum Gasteiger partial charge on any atom is -0.378 e. The second-order valence-corrected chi connectivity index (χ2v) is 7.08. The predicted octanol–water partition coefficient (Wildman–Crippen LogP) is 1.34. The van der Waals surface area contributed by atoms with E-state index in [-0.39, 0.29) is 5.91 Å². The van der Waals surface area contributed by atoms with Crippen molar-refractivity contribution in [2.75, 3.05) is 62.3 Å². The predicted molar refractivity (Wildman–Crippen MR) is 97.5 cm³/mol. The van der Waals surface area contributed by atoms with Crippen LogP contribution in [0, 0.1) is 0 Å². The number of piperazine rings is 1. The highest BCUT2D eigenvalue weighted by Crippen LogP contribution is 2.21. The Morgan fingerprint density at radius 2 is 1.88 bits per heavy atom. The molecule has 2 saturated heterocycles. The zero-order chi connectivity index (χ0) is 17.1. The number of rotatable bonds is 3. The van der Waals surface area contributed by atoms with Gasteiger partial charge in [-0.2, -0.15) is 5.10 Å². The summed E-state index contributed by atoms with van der Waals surface area (Å²) in [5, 5.41) is 10.4. The Bertz CT molecular complexity index is 710. The number of morpholine rings is 1. The van der Waals surface area contributed by atoms with Crippen LogP contribution >= 0.6 is 11.3 Å². The van der Waals surface area contributed by atoms with Crippen LogP contribution in [0.3, 0.4) is 0 Å². The fourth-order valence-corrected chi connectivity index (χ4v) is 3.88. The van der Waals surface area contributed by atoms with Crippen molar-refractivity contribution >= 4 is 28.7 Å². The van der Waals surface area contributed by atoms with Crippen molar-refractivity contribution in [3.8, 4) is 0 Å². The maximum atomic E-state index is 12.4. The summed E-state index contributed by atoms with van der Waals surface area (Å²) in [5.74, 6) is 1.01. The van der Waals surface area contributed by atoms with E-state index in [9.17, 15) is 4.79 Å². The Kier molecular flexibility index (Phi) is 4.80. The van der Waals surface area contributed by atoms with E-state index in [2.05, 4.69) is 26.1 Å². The summed E-state index contributed by atoms with van der Waals surface area (Å²) in [6, 6.07) is 5.90. The number of hydrogen-bond donors (Lipinski definition) is 0. The number of carbonyl (C=O) groups is 1. The summed E-state index contributed by atoms with van der Waals surface area (Å²) in [7, 11) is 0. The maximum Gasteiger partial charge on any atom is 0.264 e. The van der Waals surface area contributed by atoms with Crippen molar-refractivity contribution in [3.05, 3.63) is 34.7 Å². The number of nitrogens with zero attached hydrogens (tertiary/aromatic N) is 5. The fourth-order valence-electron chi connectivity index (χ4n) is 3.19. The van der Waals surface area contributed by atoms with Gasteiger partial charge in [0.1, 0.15) is 0 Å². The minimum atomic E-state index is 0.128. The molecule has 0 unspecified atom stereocenters. The topological polar surface area (TPSA) is 61.8 Å². The van der Waals surface area contributed by atoms with Crippen LogP contribution in [0.15, 0.2) is 29.8 Å². The molecular formula is C17H21N5O2S. The second-order valence-electron chi connectivity index (χ2n) is 6.13. The van der Waals surface area contributed by atoms with Crippen LogP contribution in [0.1, 0.15) is 9.67 Å². The lowest BCUT2D eigenvalue weighted by molar-refractivity contribution is 0.0751. The lowest BCUT2D eigenvalue weighted by atomic mass is 10.2. The van der Waals surface area contributed by atoms with Crippen molar-refractivity contribution in [2.45, 2.75) is 0 Å². The maximum absolute atomic E-state index is 12.4. The van der Waals surface area contributed by atoms with Crippen LogP contribution in [-0.4, -0.2) is 73.5 Å². The molecule has 0 radical (unpaired) electrons. The molecule has 25 heavy (non-hydrogen) atoms. The summed E-state index contributed by atoms with van der Waals surface area (Å²) >= 11 is 1.50. The molecule has 8 heteroatoms. The number of carbonyl (C=O) groups excluding carboxylic acids is 1. The first kappa shape index (κ1) is 16.3. The Morgan fingerprint density at radius 3 is 2.60 bits per heavy atom. The van der Waals surface area contributed by atoms with E-state index >= 15 is 0 Å². The molecule has 2 aliphatic rings. The average molecular weight is 359 g/mol. The van der Waals surface area contributed by atoms with Crippen LogP contribution in [0.25, 0.3) is 0 Å². The van der Waals surface area contributed by atoms with Gasteiger partial charge >= 0.3 is 0 Å². The van der Waals surface area contributed by atoms with Crippen LogP contribution < -0.4 is 9.80 Å². The molecule has 2 fully saturated rings. The van der Waals surface area contributed by atoms with Crippen molar-refractivity contribution in [3.63, 3.8) is 0 Å². The smallest absolute Gasteiger partial charge is 0.264 e. The third kappa shape index (κ3) is 3.59. The third-order valence-electron chi connectivity index (χ3n) is 4.63. The molecule has 2 aliphatic heterocycles. The largest absolute Gasteiger partial charge is 0.378 e. The normalized spacial score (nSPS) is 18.5. The molecule has 2 aromatic heterocycles. The summed E-state index contributed by atoms with van der Waals surface area (Å²) < 4.78 is 5.41. The van der Waals surface area contributed by atoms with Crippen LogP contribution in [0.2, 0.25) is 0 Å². The Hall–Kier alpha value is -2.19. The van der Waals surface area contributed by atoms with E-state index in [0.717, 1.165) is 55.8 Å². The first-order valence-corrected chi connectivity index (χ1v) is 9.42. The number of hydrogen-bond acceptors (Lipinski definition) is 7. The minimum absolute atomic E-state index is 0.128. The van der Waals surface area contributed by atoms with E-state index in [1.54, 1.807) is 0 Å². The second kappa shape index (κ2) is 7.37. The Labute approximate surface area is 150 Å². The number of anilines is 2. The van der Waals surface area contributed by atoms with E-state index in [1.165, 1.54) is 11.3 Å². The molecule has 4 rings (SSSR count). The molecule has 2 aromatic rings. The molecule has 7 nitrogen and oxygen atoms in total. The van der Waals surface area contributed by atoms with Crippen LogP contribution in [0.5, 0.6) is 0 Å². The highest BCUT2D eigenvalue weighted by molar-refractivity contribution is 7.12. The lowest BCUT2D eigenvalue weighted by Gasteiger charge is -2.35. The molecule has 0 spiro atoms. The van der Waals surface area contributed by atoms with Gasteiger partial charge in [-0.3, -0.25) is 4.79 Å². The van der Waals surface area contributed by atoms with Gasteiger partial charge in [0.25, 0.3) is 5.91 Å². The monoisotopic (exact) mass is 359 g/mol. The van der Waals surface area contributed by atoms with Gasteiger partial charge in [0.15, 0.2) is 5.82 Å². The molecule has 132 valence electrons. The van der Waals surface area contributed by atoms with Gasteiger partial charge in [0, 0.05) is 45.3 Å². The SMILES string of the molecule is O=C(c1cccs1)N1CCN(c2cc(N3CCOCC3)cnn2)CC1. The van der Waals surface area contributed by atoms with E-state index in [4.69, 9.17) is 4.74 Å². The zero-order valence-electron chi connectivity index (χ0n) is 14.0. The number of aromatic nitrogens is 2. The molecule has 0 bridgehead atoms. The molecule has 0 N–H and O–H groups in total. The number of amides is 1. The van der Waals surface area contributed by atoms with Crippen molar-refractivity contribution in [1.82, 2.24) is 15.1 Å². The molecule has 0 saturated carbocycles. The zero-order valence-corrected chi connectivity index (χ0v) is 14.8. The van der Waals surface area contributed by atoms with Crippen molar-refractivity contribution < 1.29 is 9.53 Å². The average Bonchev–Trinajstić information content (AvgIpc) is 3.23. The Balaban J connectivity index is 1.40. The van der Waals surface area contributed by atoms with Gasteiger partial charge in [-0.25, -0.2) is 0 Å². The molecular weight excluding hydrogens is 338 g/mol. The van der Waals surface area contributed by atoms with Gasteiger partial charge in [0.05, 0.1) is 30.0 Å². The Morgan fingerprint density at radius 1 is 1.08 bits per heavy atom. The highest BCUT2D eigenvalue weighted by Gasteiger charge is 2.24. The molecule has 4 heterocycles. The quantitative estimate of drug-likeness (QED) is 0.824. The van der Waals surface area contributed by atoms with Gasteiger partial charge in [-0.15, -0.1) is 16.4 Å². The number of thiophene rings is 1. The molecule has 0 aromatic carbocycles. The summed E-state index contributed by atoms with van der Waals surface area (Å²) in [6.07, 6.45) is 1.81. The van der Waals surface area contributed by atoms with Crippen LogP contribution in [0.4, 0.5) is 11.5 Å². The fraction of sp³-hybridized carbons (Fsp3) is 0.471. The van der Waals surface area contributed by atoms with Crippen LogP contribution in [-0.2, 0) is 4.74 Å². The standard InChI is InChI=1S/C17H21N5O2S/c23-17(15-2-1-11-25-15)22-5-3-21(4-6-22)16-12-14(13-18-19-16)20-7-9-24-10-8-20/h1-2,11-13H,3-10H2. The summed E-state index contributed by atoms with van der Waals surface area (Å²) in [4.78, 5) is 19.6.